The average Bonchev–Trinajstić information content (AvgIpc) is 2.57. The van der Waals surface area contributed by atoms with Gasteiger partial charge < -0.3 is 15.4 Å². The molecule has 0 saturated heterocycles. The molecule has 0 spiro atoms. The van der Waals surface area contributed by atoms with Crippen LogP contribution in [0.1, 0.15) is 73.6 Å². The topological polar surface area (TPSA) is 50.4 Å². The van der Waals surface area contributed by atoms with Gasteiger partial charge in [-0.05, 0) is 51.9 Å². The van der Waals surface area contributed by atoms with Crippen LogP contribution in [0.25, 0.3) is 0 Å². The van der Waals surface area contributed by atoms with Gasteiger partial charge in [-0.15, -0.1) is 0 Å². The van der Waals surface area contributed by atoms with Gasteiger partial charge in [-0.25, -0.2) is 4.79 Å². The molecule has 0 heterocycles. The molecule has 1 aliphatic carbocycles. The third-order valence-corrected chi connectivity index (χ3v) is 4.38. The van der Waals surface area contributed by atoms with Gasteiger partial charge >= 0.3 is 6.09 Å². The fourth-order valence-corrected chi connectivity index (χ4v) is 2.95. The number of alkyl carbamates (subject to hydrolysis) is 1. The van der Waals surface area contributed by atoms with Crippen LogP contribution in [0.15, 0.2) is 0 Å². The van der Waals surface area contributed by atoms with Crippen LogP contribution in [0.3, 0.4) is 0 Å². The maximum Gasteiger partial charge on any atom is 0.407 e. The van der Waals surface area contributed by atoms with Crippen molar-refractivity contribution in [1.82, 2.24) is 10.6 Å². The van der Waals surface area contributed by atoms with Crippen LogP contribution in [0.5, 0.6) is 0 Å². The molecule has 0 aliphatic heterocycles. The largest absolute Gasteiger partial charge is 0.444 e. The number of amides is 1. The summed E-state index contributed by atoms with van der Waals surface area (Å²) in [5, 5.41) is 6.67. The number of hydrogen-bond donors (Lipinski definition) is 2. The van der Waals surface area contributed by atoms with Crippen LogP contribution in [-0.4, -0.2) is 30.3 Å². The fourth-order valence-electron chi connectivity index (χ4n) is 2.95. The van der Waals surface area contributed by atoms with Crippen molar-refractivity contribution < 1.29 is 9.53 Å². The van der Waals surface area contributed by atoms with Gasteiger partial charge in [0.05, 0.1) is 0 Å². The molecule has 0 radical (unpaired) electrons. The molecule has 0 aromatic carbocycles. The second kappa shape index (κ2) is 8.76. The summed E-state index contributed by atoms with van der Waals surface area (Å²) in [5.41, 5.74) is -0.442. The molecule has 22 heavy (non-hydrogen) atoms. The Morgan fingerprint density at radius 3 is 2.45 bits per heavy atom. The van der Waals surface area contributed by atoms with E-state index >= 15 is 0 Å². The molecular weight excluding hydrogens is 276 g/mol. The highest BCUT2D eigenvalue weighted by molar-refractivity contribution is 5.67. The van der Waals surface area contributed by atoms with Crippen molar-refractivity contribution in [1.29, 1.82) is 0 Å². The maximum absolute atomic E-state index is 11.8. The summed E-state index contributed by atoms with van der Waals surface area (Å²) in [6.07, 6.45) is 6.14. The number of carbonyl (C=O) groups is 1. The average molecular weight is 312 g/mol. The maximum atomic E-state index is 11.8. The minimum absolute atomic E-state index is 0.297. The molecule has 1 rings (SSSR count). The van der Waals surface area contributed by atoms with Crippen molar-refractivity contribution in [2.45, 2.75) is 91.3 Å². The van der Waals surface area contributed by atoms with Gasteiger partial charge in [0.2, 0.25) is 0 Å². The van der Waals surface area contributed by atoms with Crippen molar-refractivity contribution in [3.05, 3.63) is 0 Å². The Bertz CT molecular complexity index is 336. The van der Waals surface area contributed by atoms with E-state index in [4.69, 9.17) is 4.74 Å². The van der Waals surface area contributed by atoms with Crippen LogP contribution in [0.2, 0.25) is 0 Å². The van der Waals surface area contributed by atoms with Crippen molar-refractivity contribution in [2.24, 2.45) is 11.8 Å². The molecule has 4 nitrogen and oxygen atoms in total. The highest BCUT2D eigenvalue weighted by atomic mass is 16.6. The van der Waals surface area contributed by atoms with E-state index in [2.05, 4.69) is 31.4 Å². The first-order valence-corrected chi connectivity index (χ1v) is 8.90. The molecule has 0 aromatic heterocycles. The third kappa shape index (κ3) is 8.02. The van der Waals surface area contributed by atoms with Crippen molar-refractivity contribution in [3.63, 3.8) is 0 Å². The summed E-state index contributed by atoms with van der Waals surface area (Å²) < 4.78 is 5.31. The Labute approximate surface area is 136 Å². The van der Waals surface area contributed by atoms with Gasteiger partial charge in [0.25, 0.3) is 0 Å². The fraction of sp³-hybridized carbons (Fsp3) is 0.944. The standard InChI is InChI=1S/C18H36N2O2/c1-13(2)16(12-19-17(21)22-18(4,5)6)20-15-9-7-8-14(3)10-11-15/h13-16,20H,7-12H2,1-6H3,(H,19,21). The SMILES string of the molecule is CC1CCCC(NC(CNC(=O)OC(C)(C)C)C(C)C)CC1. The van der Waals surface area contributed by atoms with E-state index in [1.165, 1.54) is 32.1 Å². The highest BCUT2D eigenvalue weighted by Crippen LogP contribution is 2.23. The van der Waals surface area contributed by atoms with E-state index in [0.29, 0.717) is 24.5 Å². The molecular formula is C18H36N2O2. The first-order chi connectivity index (χ1) is 10.2. The van der Waals surface area contributed by atoms with Crippen LogP contribution < -0.4 is 10.6 Å². The van der Waals surface area contributed by atoms with E-state index in [0.717, 1.165) is 5.92 Å². The first kappa shape index (κ1) is 19.3. The lowest BCUT2D eigenvalue weighted by Gasteiger charge is -2.29. The van der Waals surface area contributed by atoms with Gasteiger partial charge in [0.1, 0.15) is 5.60 Å². The molecule has 0 bridgehead atoms. The molecule has 3 atom stereocenters. The molecule has 1 saturated carbocycles. The van der Waals surface area contributed by atoms with Crippen molar-refractivity contribution in [3.8, 4) is 0 Å². The molecule has 4 heteroatoms. The van der Waals surface area contributed by atoms with E-state index in [9.17, 15) is 4.79 Å². The van der Waals surface area contributed by atoms with E-state index < -0.39 is 5.60 Å². The predicted octanol–water partition coefficient (Wildman–Crippen LogP) is 4.09. The van der Waals surface area contributed by atoms with Crippen LogP contribution >= 0.6 is 0 Å². The Morgan fingerprint density at radius 2 is 1.86 bits per heavy atom. The Morgan fingerprint density at radius 1 is 1.18 bits per heavy atom. The zero-order valence-corrected chi connectivity index (χ0v) is 15.4. The van der Waals surface area contributed by atoms with Crippen molar-refractivity contribution in [2.75, 3.05) is 6.54 Å². The monoisotopic (exact) mass is 312 g/mol. The predicted molar refractivity (Wildman–Crippen MR) is 92.0 cm³/mol. The Balaban J connectivity index is 2.43. The lowest BCUT2D eigenvalue weighted by atomic mass is 10.00. The number of carbonyl (C=O) groups excluding carboxylic acids is 1. The van der Waals surface area contributed by atoms with Gasteiger partial charge in [-0.2, -0.15) is 0 Å². The van der Waals surface area contributed by atoms with E-state index in [1.807, 2.05) is 20.8 Å². The molecule has 2 N–H and O–H groups in total. The number of nitrogens with one attached hydrogen (secondary N) is 2. The summed E-state index contributed by atoms with van der Waals surface area (Å²) in [4.78, 5) is 11.8. The summed E-state index contributed by atoms with van der Waals surface area (Å²) in [6, 6.07) is 0.878. The zero-order chi connectivity index (χ0) is 16.8. The van der Waals surface area contributed by atoms with Crippen LogP contribution in [0.4, 0.5) is 4.79 Å². The summed E-state index contributed by atoms with van der Waals surface area (Å²) in [6.45, 7) is 13.0. The van der Waals surface area contributed by atoms with Gasteiger partial charge in [-0.3, -0.25) is 0 Å². The number of ether oxygens (including phenoxy) is 1. The first-order valence-electron chi connectivity index (χ1n) is 8.90. The molecule has 1 fully saturated rings. The number of hydrogen-bond acceptors (Lipinski definition) is 3. The molecule has 3 unspecified atom stereocenters. The zero-order valence-electron chi connectivity index (χ0n) is 15.4. The second-order valence-corrected chi connectivity index (χ2v) is 8.21. The molecule has 130 valence electrons. The van der Waals surface area contributed by atoms with Crippen molar-refractivity contribution >= 4 is 6.09 Å². The Hall–Kier alpha value is -0.770. The van der Waals surface area contributed by atoms with Crippen LogP contribution in [0, 0.1) is 11.8 Å². The third-order valence-electron chi connectivity index (χ3n) is 4.38. The number of rotatable bonds is 5. The normalized spacial score (nSPS) is 24.7. The quantitative estimate of drug-likeness (QED) is 0.752. The summed E-state index contributed by atoms with van der Waals surface area (Å²) in [5.74, 6) is 1.33. The summed E-state index contributed by atoms with van der Waals surface area (Å²) >= 11 is 0. The molecule has 1 aliphatic rings. The van der Waals surface area contributed by atoms with E-state index in [-0.39, 0.29) is 6.09 Å². The smallest absolute Gasteiger partial charge is 0.407 e. The lowest BCUT2D eigenvalue weighted by Crippen LogP contribution is -2.49. The van der Waals surface area contributed by atoms with E-state index in [1.54, 1.807) is 0 Å². The Kier molecular flexibility index (Phi) is 7.67. The van der Waals surface area contributed by atoms with Crippen LogP contribution in [-0.2, 0) is 4.74 Å². The summed E-state index contributed by atoms with van der Waals surface area (Å²) in [7, 11) is 0. The lowest BCUT2D eigenvalue weighted by molar-refractivity contribution is 0.0518. The second-order valence-electron chi connectivity index (χ2n) is 8.21. The van der Waals surface area contributed by atoms with Gasteiger partial charge in [0.15, 0.2) is 0 Å². The van der Waals surface area contributed by atoms with Gasteiger partial charge in [0, 0.05) is 18.6 Å². The van der Waals surface area contributed by atoms with Gasteiger partial charge in [-0.1, -0.05) is 33.6 Å². The minimum atomic E-state index is -0.442. The highest BCUT2D eigenvalue weighted by Gasteiger charge is 2.23. The minimum Gasteiger partial charge on any atom is -0.444 e. The molecule has 0 aromatic rings. The molecule has 1 amide bonds.